The summed E-state index contributed by atoms with van der Waals surface area (Å²) in [5, 5.41) is 0. The van der Waals surface area contributed by atoms with E-state index in [1.165, 1.54) is 186 Å². The van der Waals surface area contributed by atoms with Gasteiger partial charge in [-0.25, -0.2) is 4.98 Å². The Labute approximate surface area is 341 Å². The molecule has 2 heterocycles. The fourth-order valence-electron chi connectivity index (χ4n) is 7.89. The van der Waals surface area contributed by atoms with Gasteiger partial charge in [-0.3, -0.25) is 23.9 Å². The molecule has 0 bridgehead atoms. The number of H-pyrrole nitrogens is 1. The number of ketones is 2. The minimum absolute atomic E-state index is 0.00348. The number of imidazole rings is 1. The van der Waals surface area contributed by atoms with E-state index in [-0.39, 0.29) is 42.6 Å². The second kappa shape index (κ2) is 34.5. The van der Waals surface area contributed by atoms with Gasteiger partial charge in [-0.05, 0) is 12.8 Å². The summed E-state index contributed by atoms with van der Waals surface area (Å²) in [6, 6.07) is 0. The summed E-state index contributed by atoms with van der Waals surface area (Å²) in [5.74, 6) is 0.290. The average molecular weight is 784 g/mol. The van der Waals surface area contributed by atoms with E-state index in [1.54, 1.807) is 4.57 Å². The second-order valence-electron chi connectivity index (χ2n) is 16.8. The number of carbonyl (C=O) groups is 2. The SMILES string of the molecule is CCCCCCCCCCCCCCCCCCC(=O)CC(CC(=O)CCCCCCCCCCCCCCCCCC)OCn1cnc2c(=O)[nH]c(N)nc21. The Bertz CT molecular complexity index is 1260. The molecule has 0 unspecified atom stereocenters. The normalized spacial score (nSPS) is 11.7. The number of hydrogen-bond donors (Lipinski definition) is 2. The van der Waals surface area contributed by atoms with Gasteiger partial charge in [-0.2, -0.15) is 4.98 Å². The molecule has 2 rings (SSSR count). The summed E-state index contributed by atoms with van der Waals surface area (Å²) in [5.41, 5.74) is 5.86. The van der Waals surface area contributed by atoms with E-state index < -0.39 is 11.7 Å². The lowest BCUT2D eigenvalue weighted by molar-refractivity contribution is -0.127. The first-order valence-corrected chi connectivity index (χ1v) is 23.8. The summed E-state index contributed by atoms with van der Waals surface area (Å²) >= 11 is 0. The maximum Gasteiger partial charge on any atom is 0.280 e. The molecule has 0 radical (unpaired) electrons. The van der Waals surface area contributed by atoms with Crippen molar-refractivity contribution in [2.75, 3.05) is 5.73 Å². The largest absolute Gasteiger partial charge is 0.369 e. The van der Waals surface area contributed by atoms with Crippen LogP contribution in [0.15, 0.2) is 11.1 Å². The molecule has 0 fully saturated rings. The van der Waals surface area contributed by atoms with Crippen molar-refractivity contribution >= 4 is 28.7 Å². The Morgan fingerprint density at radius 3 is 1.29 bits per heavy atom. The van der Waals surface area contributed by atoms with E-state index in [0.29, 0.717) is 18.5 Å². The first-order valence-electron chi connectivity index (χ1n) is 23.8. The molecule has 0 aliphatic rings. The van der Waals surface area contributed by atoms with Crippen molar-refractivity contribution in [3.63, 3.8) is 0 Å². The van der Waals surface area contributed by atoms with Gasteiger partial charge >= 0.3 is 0 Å². The number of carbonyl (C=O) groups excluding carboxylic acids is 2. The number of rotatable bonds is 41. The fraction of sp³-hybridized carbons (Fsp3) is 0.851. The second-order valence-corrected chi connectivity index (χ2v) is 16.8. The van der Waals surface area contributed by atoms with Crippen molar-refractivity contribution in [2.45, 2.75) is 258 Å². The summed E-state index contributed by atoms with van der Waals surface area (Å²) in [6.07, 6.45) is 44.1. The Kier molecular flexibility index (Phi) is 30.5. The predicted molar refractivity (Wildman–Crippen MR) is 235 cm³/mol. The van der Waals surface area contributed by atoms with Gasteiger partial charge in [0.15, 0.2) is 11.2 Å². The predicted octanol–water partition coefficient (Wildman–Crippen LogP) is 13.3. The zero-order chi connectivity index (χ0) is 40.3. The highest BCUT2D eigenvalue weighted by molar-refractivity contribution is 5.82. The van der Waals surface area contributed by atoms with Crippen molar-refractivity contribution in [1.29, 1.82) is 0 Å². The molecule has 322 valence electrons. The third kappa shape index (κ3) is 25.7. The monoisotopic (exact) mass is 784 g/mol. The number of fused-ring (bicyclic) bond motifs is 1. The molecule has 0 saturated carbocycles. The number of nitrogens with one attached hydrogen (secondary N) is 1. The van der Waals surface area contributed by atoms with Crippen molar-refractivity contribution in [3.05, 3.63) is 16.7 Å². The molecule has 9 nitrogen and oxygen atoms in total. The van der Waals surface area contributed by atoms with Gasteiger partial charge in [-0.15, -0.1) is 0 Å². The smallest absolute Gasteiger partial charge is 0.280 e. The molecule has 2 aromatic heterocycles. The van der Waals surface area contributed by atoms with Crippen molar-refractivity contribution in [1.82, 2.24) is 19.5 Å². The van der Waals surface area contributed by atoms with Crippen LogP contribution >= 0.6 is 0 Å². The summed E-state index contributed by atoms with van der Waals surface area (Å²) in [6.45, 7) is 4.59. The van der Waals surface area contributed by atoms with Crippen LogP contribution in [0, 0.1) is 0 Å². The molecule has 9 heteroatoms. The van der Waals surface area contributed by atoms with Gasteiger partial charge in [0, 0.05) is 25.7 Å². The van der Waals surface area contributed by atoms with Crippen LogP contribution in [0.4, 0.5) is 5.95 Å². The highest BCUT2D eigenvalue weighted by Crippen LogP contribution is 2.18. The first-order chi connectivity index (χ1) is 27.4. The van der Waals surface area contributed by atoms with Crippen LogP contribution in [0.1, 0.15) is 245 Å². The lowest BCUT2D eigenvalue weighted by Crippen LogP contribution is -2.23. The third-order valence-electron chi connectivity index (χ3n) is 11.5. The lowest BCUT2D eigenvalue weighted by Gasteiger charge is -2.17. The number of nitrogens with two attached hydrogens (primary N) is 1. The molecule has 0 aliphatic heterocycles. The number of unbranched alkanes of at least 4 members (excludes halogenated alkanes) is 30. The number of hydrogen-bond acceptors (Lipinski definition) is 7. The van der Waals surface area contributed by atoms with Gasteiger partial charge in [0.1, 0.15) is 18.3 Å². The van der Waals surface area contributed by atoms with Crippen molar-refractivity contribution in [3.8, 4) is 0 Å². The number of Topliss-reactive ketones (excluding diaryl/α,β-unsaturated/α-hetero) is 2. The van der Waals surface area contributed by atoms with Gasteiger partial charge in [-0.1, -0.05) is 206 Å². The number of ether oxygens (including phenoxy) is 1. The zero-order valence-electron chi connectivity index (χ0n) is 36.4. The Morgan fingerprint density at radius 2 is 0.929 bits per heavy atom. The van der Waals surface area contributed by atoms with Crippen LogP contribution in [0.3, 0.4) is 0 Å². The van der Waals surface area contributed by atoms with Crippen LogP contribution in [-0.2, 0) is 21.1 Å². The Morgan fingerprint density at radius 1 is 0.589 bits per heavy atom. The van der Waals surface area contributed by atoms with Crippen LogP contribution in [0.2, 0.25) is 0 Å². The highest BCUT2D eigenvalue weighted by Gasteiger charge is 2.20. The third-order valence-corrected chi connectivity index (χ3v) is 11.5. The van der Waals surface area contributed by atoms with E-state index in [4.69, 9.17) is 10.5 Å². The quantitative estimate of drug-likeness (QED) is 0.0641. The Hall–Kier alpha value is -2.55. The summed E-state index contributed by atoms with van der Waals surface area (Å²) in [7, 11) is 0. The minimum Gasteiger partial charge on any atom is -0.369 e. The molecule has 0 spiro atoms. The topological polar surface area (TPSA) is 133 Å². The lowest BCUT2D eigenvalue weighted by atomic mass is 9.99. The van der Waals surface area contributed by atoms with Crippen LogP contribution in [-0.4, -0.2) is 37.2 Å². The molecular formula is C47H85N5O4. The zero-order valence-corrected chi connectivity index (χ0v) is 36.4. The molecular weight excluding hydrogens is 699 g/mol. The van der Waals surface area contributed by atoms with Gasteiger partial charge in [0.25, 0.3) is 5.56 Å². The van der Waals surface area contributed by atoms with Gasteiger partial charge in [0.05, 0.1) is 12.4 Å². The maximum absolute atomic E-state index is 13.1. The van der Waals surface area contributed by atoms with E-state index >= 15 is 0 Å². The molecule has 2 aromatic rings. The molecule has 0 amide bonds. The molecule has 0 aliphatic carbocycles. The molecule has 0 atom stereocenters. The molecule has 3 N–H and O–H groups in total. The van der Waals surface area contributed by atoms with E-state index in [1.807, 2.05) is 0 Å². The molecule has 0 saturated heterocycles. The van der Waals surface area contributed by atoms with Crippen molar-refractivity contribution in [2.24, 2.45) is 0 Å². The number of nitrogen functional groups attached to an aromatic ring is 1. The number of aromatic amines is 1. The van der Waals surface area contributed by atoms with E-state index in [9.17, 15) is 14.4 Å². The standard InChI is InChI=1S/C47H85N5O4/c1-3-5-7-9-11-13-15-17-19-21-23-25-27-29-31-33-35-41(53)37-43(56-40-52-39-49-44-45(52)50-47(48)51-46(44)55)38-42(54)36-34-32-30-28-26-24-22-20-18-16-14-12-10-8-6-4-2/h39,43H,3-38,40H2,1-2H3,(H3,48,50,51,55). The maximum atomic E-state index is 13.1. The number of nitrogens with zero attached hydrogens (tertiary/aromatic N) is 3. The summed E-state index contributed by atoms with van der Waals surface area (Å²) < 4.78 is 7.77. The van der Waals surface area contributed by atoms with Crippen LogP contribution in [0.5, 0.6) is 0 Å². The highest BCUT2D eigenvalue weighted by atomic mass is 16.5. The molecule has 56 heavy (non-hydrogen) atoms. The average Bonchev–Trinajstić information content (AvgIpc) is 3.59. The van der Waals surface area contributed by atoms with Crippen LogP contribution < -0.4 is 11.3 Å². The van der Waals surface area contributed by atoms with Crippen LogP contribution in [0.25, 0.3) is 11.2 Å². The van der Waals surface area contributed by atoms with E-state index in [0.717, 1.165) is 25.7 Å². The summed E-state index contributed by atoms with van der Waals surface area (Å²) in [4.78, 5) is 49.2. The first kappa shape index (κ1) is 49.6. The van der Waals surface area contributed by atoms with Crippen molar-refractivity contribution < 1.29 is 14.3 Å². The number of anilines is 1. The molecule has 0 aromatic carbocycles. The van der Waals surface area contributed by atoms with Gasteiger partial charge < -0.3 is 10.5 Å². The number of aromatic nitrogens is 4. The minimum atomic E-state index is -0.520. The van der Waals surface area contributed by atoms with E-state index in [2.05, 4.69) is 28.8 Å². The fourth-order valence-corrected chi connectivity index (χ4v) is 7.89. The van der Waals surface area contributed by atoms with Gasteiger partial charge in [0.2, 0.25) is 5.95 Å². The Balaban J connectivity index is 1.62.